The minimum atomic E-state index is -0.529. The number of aryl methyl sites for hydroxylation is 1. The maximum atomic E-state index is 12.3. The van der Waals surface area contributed by atoms with Crippen molar-refractivity contribution >= 4 is 5.97 Å². The van der Waals surface area contributed by atoms with Gasteiger partial charge in [-0.3, -0.25) is 0 Å². The molecule has 1 atom stereocenters. The van der Waals surface area contributed by atoms with E-state index in [-0.39, 0.29) is 40.4 Å². The molecule has 6 nitrogen and oxygen atoms in total. The Morgan fingerprint density at radius 2 is 1.88 bits per heavy atom. The largest absolute Gasteiger partial charge is 0.508 e. The summed E-state index contributed by atoms with van der Waals surface area (Å²) in [6.45, 7) is 3.73. The van der Waals surface area contributed by atoms with Crippen molar-refractivity contribution in [2.24, 2.45) is 0 Å². The molecule has 0 aliphatic carbocycles. The Balaban J connectivity index is 2.09. The Morgan fingerprint density at radius 3 is 2.60 bits per heavy atom. The van der Waals surface area contributed by atoms with Crippen LogP contribution >= 0.6 is 0 Å². The topological polar surface area (TPSA) is 96.2 Å². The van der Waals surface area contributed by atoms with Gasteiger partial charge in [0.05, 0.1) is 0 Å². The van der Waals surface area contributed by atoms with Crippen LogP contribution in [0.15, 0.2) is 24.3 Å². The molecule has 2 aromatic rings. The van der Waals surface area contributed by atoms with Gasteiger partial charge in [-0.2, -0.15) is 0 Å². The number of cyclic esters (lactones) is 1. The predicted octanol–water partition coefficient (Wildman–Crippen LogP) is 3.65. The molecular formula is C19H20O6. The number of aromatic hydroxyl groups is 3. The summed E-state index contributed by atoms with van der Waals surface area (Å²) in [4.78, 5) is 12.3. The number of carbonyl (C=O) groups is 1. The minimum absolute atomic E-state index is 0.0361. The van der Waals surface area contributed by atoms with Crippen molar-refractivity contribution in [2.75, 3.05) is 0 Å². The molecule has 25 heavy (non-hydrogen) atoms. The van der Waals surface area contributed by atoms with Crippen LogP contribution in [0.4, 0.5) is 0 Å². The third-order valence-electron chi connectivity index (χ3n) is 4.05. The fourth-order valence-electron chi connectivity index (χ4n) is 3.06. The van der Waals surface area contributed by atoms with Crippen molar-refractivity contribution in [3.63, 3.8) is 0 Å². The molecule has 3 N–H and O–H groups in total. The number of rotatable bonds is 4. The summed E-state index contributed by atoms with van der Waals surface area (Å²) in [5.41, 5.74) is 1.48. The van der Waals surface area contributed by atoms with E-state index in [1.54, 1.807) is 6.92 Å². The Kier molecular flexibility index (Phi) is 4.44. The van der Waals surface area contributed by atoms with Crippen LogP contribution in [0, 0.1) is 0 Å². The van der Waals surface area contributed by atoms with Gasteiger partial charge in [-0.1, -0.05) is 13.3 Å². The first-order valence-corrected chi connectivity index (χ1v) is 8.18. The molecule has 132 valence electrons. The molecule has 6 heteroatoms. The van der Waals surface area contributed by atoms with Crippen LogP contribution in [0.1, 0.15) is 41.8 Å². The standard InChI is InChI=1S/C19H20O6/c1-3-4-11-6-13(20)8-15(22)18(11)25-16-9-14(21)7-12-5-10(2)24-19(23)17(12)16/h6-10,20-22H,3-5H2,1-2H3. The molecule has 0 spiro atoms. The van der Waals surface area contributed by atoms with E-state index in [1.165, 1.54) is 24.3 Å². The summed E-state index contributed by atoms with van der Waals surface area (Å²) in [5.74, 6) is -0.605. The Labute approximate surface area is 145 Å². The maximum Gasteiger partial charge on any atom is 0.342 e. The van der Waals surface area contributed by atoms with Gasteiger partial charge in [-0.25, -0.2) is 4.79 Å². The molecule has 2 aromatic carbocycles. The Hall–Kier alpha value is -2.89. The summed E-state index contributed by atoms with van der Waals surface area (Å²) in [6, 6.07) is 5.51. The monoisotopic (exact) mass is 344 g/mol. The van der Waals surface area contributed by atoms with Crippen LogP contribution in [0.2, 0.25) is 0 Å². The van der Waals surface area contributed by atoms with Crippen LogP contribution < -0.4 is 4.74 Å². The van der Waals surface area contributed by atoms with Crippen LogP contribution in [-0.4, -0.2) is 27.4 Å². The van der Waals surface area contributed by atoms with Gasteiger partial charge in [0.2, 0.25) is 0 Å². The molecule has 1 aliphatic heterocycles. The van der Waals surface area contributed by atoms with Gasteiger partial charge in [0.1, 0.15) is 28.9 Å². The molecule has 0 aromatic heterocycles. The molecule has 1 unspecified atom stereocenters. The van der Waals surface area contributed by atoms with Crippen LogP contribution in [0.25, 0.3) is 0 Å². The highest BCUT2D eigenvalue weighted by molar-refractivity contribution is 5.95. The van der Waals surface area contributed by atoms with Gasteiger partial charge in [-0.05, 0) is 31.0 Å². The number of esters is 1. The molecule has 1 aliphatic rings. The van der Waals surface area contributed by atoms with Crippen LogP contribution in [0.3, 0.4) is 0 Å². The SMILES string of the molecule is CCCc1cc(O)cc(O)c1Oc1cc(O)cc2c1C(=O)OC(C)C2. The lowest BCUT2D eigenvalue weighted by Crippen LogP contribution is -2.25. The fraction of sp³-hybridized carbons (Fsp3) is 0.316. The van der Waals surface area contributed by atoms with E-state index < -0.39 is 5.97 Å². The number of benzene rings is 2. The van der Waals surface area contributed by atoms with Crippen molar-refractivity contribution in [1.82, 2.24) is 0 Å². The maximum absolute atomic E-state index is 12.3. The van der Waals surface area contributed by atoms with E-state index >= 15 is 0 Å². The number of fused-ring (bicyclic) bond motifs is 1. The number of ether oxygens (including phenoxy) is 2. The third kappa shape index (κ3) is 3.33. The zero-order valence-corrected chi connectivity index (χ0v) is 14.1. The highest BCUT2D eigenvalue weighted by Gasteiger charge is 2.29. The second-order valence-corrected chi connectivity index (χ2v) is 6.20. The molecule has 0 amide bonds. The van der Waals surface area contributed by atoms with Gasteiger partial charge in [0, 0.05) is 24.1 Å². The van der Waals surface area contributed by atoms with Gasteiger partial charge in [0.15, 0.2) is 11.5 Å². The van der Waals surface area contributed by atoms with Crippen LogP contribution in [-0.2, 0) is 17.6 Å². The molecule has 0 radical (unpaired) electrons. The summed E-state index contributed by atoms with van der Waals surface area (Å²) >= 11 is 0. The lowest BCUT2D eigenvalue weighted by Gasteiger charge is -2.24. The van der Waals surface area contributed by atoms with Crippen LogP contribution in [0.5, 0.6) is 28.7 Å². The van der Waals surface area contributed by atoms with E-state index in [2.05, 4.69) is 0 Å². The highest BCUT2D eigenvalue weighted by Crippen LogP contribution is 2.42. The smallest absolute Gasteiger partial charge is 0.342 e. The first-order chi connectivity index (χ1) is 11.9. The van der Waals surface area contributed by atoms with Gasteiger partial charge in [-0.15, -0.1) is 0 Å². The molecular weight excluding hydrogens is 324 g/mol. The zero-order valence-electron chi connectivity index (χ0n) is 14.1. The summed E-state index contributed by atoms with van der Waals surface area (Å²) in [6.07, 6.45) is 1.53. The van der Waals surface area contributed by atoms with E-state index in [0.29, 0.717) is 24.0 Å². The number of phenolic OH excluding ortho intramolecular Hbond substituents is 3. The first kappa shape index (κ1) is 17.0. The normalized spacial score (nSPS) is 16.2. The van der Waals surface area contributed by atoms with Crippen molar-refractivity contribution in [1.29, 1.82) is 0 Å². The van der Waals surface area contributed by atoms with Crippen molar-refractivity contribution < 1.29 is 29.6 Å². The van der Waals surface area contributed by atoms with E-state index in [9.17, 15) is 20.1 Å². The summed E-state index contributed by atoms with van der Waals surface area (Å²) < 4.78 is 11.1. The number of carbonyl (C=O) groups excluding carboxylic acids is 1. The van der Waals surface area contributed by atoms with E-state index in [0.717, 1.165) is 6.42 Å². The minimum Gasteiger partial charge on any atom is -0.508 e. The quantitative estimate of drug-likeness (QED) is 0.733. The van der Waals surface area contributed by atoms with E-state index in [4.69, 9.17) is 9.47 Å². The second-order valence-electron chi connectivity index (χ2n) is 6.20. The molecule has 0 fully saturated rings. The average Bonchev–Trinajstić information content (AvgIpc) is 2.49. The molecule has 0 saturated carbocycles. The van der Waals surface area contributed by atoms with Crippen molar-refractivity contribution in [3.05, 3.63) is 41.0 Å². The molecule has 0 bridgehead atoms. The molecule has 3 rings (SSSR count). The highest BCUT2D eigenvalue weighted by atomic mass is 16.5. The summed E-state index contributed by atoms with van der Waals surface area (Å²) in [7, 11) is 0. The van der Waals surface area contributed by atoms with Gasteiger partial charge >= 0.3 is 5.97 Å². The zero-order chi connectivity index (χ0) is 18.1. The predicted molar refractivity (Wildman–Crippen MR) is 90.5 cm³/mol. The van der Waals surface area contributed by atoms with Gasteiger partial charge < -0.3 is 24.8 Å². The molecule has 0 saturated heterocycles. The Bertz CT molecular complexity index is 827. The fourth-order valence-corrected chi connectivity index (χ4v) is 3.06. The second kappa shape index (κ2) is 6.55. The lowest BCUT2D eigenvalue weighted by atomic mass is 9.98. The molecule has 1 heterocycles. The first-order valence-electron chi connectivity index (χ1n) is 8.18. The third-order valence-corrected chi connectivity index (χ3v) is 4.05. The van der Waals surface area contributed by atoms with Crippen molar-refractivity contribution in [3.8, 4) is 28.7 Å². The average molecular weight is 344 g/mol. The number of hydrogen-bond acceptors (Lipinski definition) is 6. The number of phenols is 3. The number of hydrogen-bond donors (Lipinski definition) is 3. The Morgan fingerprint density at radius 1 is 1.16 bits per heavy atom. The summed E-state index contributed by atoms with van der Waals surface area (Å²) in [5, 5.41) is 29.8. The lowest BCUT2D eigenvalue weighted by molar-refractivity contribution is 0.0297. The van der Waals surface area contributed by atoms with E-state index in [1.807, 2.05) is 6.92 Å². The van der Waals surface area contributed by atoms with Gasteiger partial charge in [0.25, 0.3) is 0 Å². The van der Waals surface area contributed by atoms with Crippen molar-refractivity contribution in [2.45, 2.75) is 39.2 Å².